The van der Waals surface area contributed by atoms with E-state index >= 15 is 0 Å². The summed E-state index contributed by atoms with van der Waals surface area (Å²) in [5, 5.41) is 5.53. The molecule has 1 atom stereocenters. The van der Waals surface area contributed by atoms with E-state index < -0.39 is 11.7 Å². The van der Waals surface area contributed by atoms with Crippen LogP contribution in [-0.4, -0.2) is 22.8 Å². The molecule has 5 nitrogen and oxygen atoms in total. The molecule has 7 heteroatoms. The Morgan fingerprint density at radius 2 is 2.04 bits per heavy atom. The fourth-order valence-corrected chi connectivity index (χ4v) is 2.43. The predicted molar refractivity (Wildman–Crippen MR) is 96.7 cm³/mol. The second kappa shape index (κ2) is 8.71. The number of rotatable bonds is 6. The van der Waals surface area contributed by atoms with Crippen LogP contribution < -0.4 is 10.6 Å². The first-order valence-electron chi connectivity index (χ1n) is 7.89. The van der Waals surface area contributed by atoms with Gasteiger partial charge in [-0.25, -0.2) is 9.37 Å². The second-order valence-corrected chi connectivity index (χ2v) is 6.47. The van der Waals surface area contributed by atoms with E-state index in [2.05, 4.69) is 31.5 Å². The molecule has 2 N–H and O–H groups in total. The number of carbonyl (C=O) groups excluding carboxylic acids is 2. The molecule has 0 unspecified atom stereocenters. The maximum atomic E-state index is 13.7. The Bertz CT molecular complexity index is 783. The summed E-state index contributed by atoms with van der Waals surface area (Å²) in [7, 11) is 0. The van der Waals surface area contributed by atoms with Gasteiger partial charge in [0, 0.05) is 18.2 Å². The largest absolute Gasteiger partial charge is 0.350 e. The molecule has 2 amide bonds. The third kappa shape index (κ3) is 5.35. The maximum absolute atomic E-state index is 13.7. The van der Waals surface area contributed by atoms with E-state index in [1.807, 2.05) is 13.8 Å². The zero-order valence-electron chi connectivity index (χ0n) is 14.0. The zero-order valence-corrected chi connectivity index (χ0v) is 15.6. The van der Waals surface area contributed by atoms with E-state index in [1.54, 1.807) is 24.3 Å². The summed E-state index contributed by atoms with van der Waals surface area (Å²) in [5.41, 5.74) is 1.18. The van der Waals surface area contributed by atoms with Crippen LogP contribution in [0.15, 0.2) is 41.1 Å². The van der Waals surface area contributed by atoms with Gasteiger partial charge in [-0.15, -0.1) is 0 Å². The molecule has 0 bridgehead atoms. The lowest BCUT2D eigenvalue weighted by molar-refractivity contribution is 0.0935. The van der Waals surface area contributed by atoms with Gasteiger partial charge in [0.1, 0.15) is 4.60 Å². The maximum Gasteiger partial charge on any atom is 0.254 e. The topological polar surface area (TPSA) is 71.1 Å². The van der Waals surface area contributed by atoms with E-state index in [-0.39, 0.29) is 24.1 Å². The van der Waals surface area contributed by atoms with Gasteiger partial charge in [0.15, 0.2) is 5.82 Å². The smallest absolute Gasteiger partial charge is 0.254 e. The molecule has 0 fully saturated rings. The fourth-order valence-electron chi connectivity index (χ4n) is 2.10. The van der Waals surface area contributed by atoms with Gasteiger partial charge in [-0.1, -0.05) is 19.1 Å². The number of nitrogens with one attached hydrogen (secondary N) is 2. The van der Waals surface area contributed by atoms with Gasteiger partial charge in [0.2, 0.25) is 0 Å². The van der Waals surface area contributed by atoms with Crippen LogP contribution in [0.3, 0.4) is 0 Å². The summed E-state index contributed by atoms with van der Waals surface area (Å²) in [4.78, 5) is 28.0. The highest BCUT2D eigenvalue weighted by atomic mass is 79.9. The Morgan fingerprint density at radius 3 is 2.76 bits per heavy atom. The number of carbonyl (C=O) groups is 2. The molecule has 1 aromatic heterocycles. The Kier molecular flexibility index (Phi) is 6.64. The molecule has 132 valence electrons. The quantitative estimate of drug-likeness (QED) is 0.720. The first kappa shape index (κ1) is 19.1. The van der Waals surface area contributed by atoms with Crippen LogP contribution in [0.1, 0.15) is 46.5 Å². The van der Waals surface area contributed by atoms with Crippen molar-refractivity contribution in [1.82, 2.24) is 15.6 Å². The number of hydrogen-bond donors (Lipinski definition) is 2. The van der Waals surface area contributed by atoms with Gasteiger partial charge in [0.05, 0.1) is 11.8 Å². The number of aromatic nitrogens is 1. The predicted octanol–water partition coefficient (Wildman–Crippen LogP) is 3.44. The van der Waals surface area contributed by atoms with Crippen LogP contribution in [0.4, 0.5) is 4.39 Å². The summed E-state index contributed by atoms with van der Waals surface area (Å²) >= 11 is 3.11. The highest BCUT2D eigenvalue weighted by Gasteiger charge is 2.13. The van der Waals surface area contributed by atoms with Crippen molar-refractivity contribution in [2.75, 3.05) is 0 Å². The number of hydrogen-bond acceptors (Lipinski definition) is 3. The first-order chi connectivity index (χ1) is 11.9. The Balaban J connectivity index is 2.03. The van der Waals surface area contributed by atoms with Crippen LogP contribution in [-0.2, 0) is 6.54 Å². The Hall–Kier alpha value is -2.28. The minimum atomic E-state index is -0.692. The Morgan fingerprint density at radius 1 is 1.28 bits per heavy atom. The molecule has 2 rings (SSSR count). The average Bonchev–Trinajstić information content (AvgIpc) is 2.61. The van der Waals surface area contributed by atoms with Crippen molar-refractivity contribution in [3.63, 3.8) is 0 Å². The van der Waals surface area contributed by atoms with Crippen LogP contribution in [0.5, 0.6) is 0 Å². The van der Waals surface area contributed by atoms with Crippen LogP contribution in [0.25, 0.3) is 0 Å². The van der Waals surface area contributed by atoms with Crippen molar-refractivity contribution in [2.45, 2.75) is 32.9 Å². The van der Waals surface area contributed by atoms with Crippen molar-refractivity contribution < 1.29 is 14.0 Å². The molecule has 1 aromatic carbocycles. The third-order valence-corrected chi connectivity index (χ3v) is 4.13. The normalized spacial score (nSPS) is 11.7. The van der Waals surface area contributed by atoms with Gasteiger partial charge in [0.25, 0.3) is 11.8 Å². The molecule has 0 aliphatic rings. The first-order valence-corrected chi connectivity index (χ1v) is 8.69. The van der Waals surface area contributed by atoms with Crippen molar-refractivity contribution in [3.05, 3.63) is 63.6 Å². The SMILES string of the molecule is CC[C@@H](C)NC(=O)c1cccc(CNC(=O)c2cc(Br)ncc2F)c1. The Labute approximate surface area is 154 Å². The number of halogens is 2. The summed E-state index contributed by atoms with van der Waals surface area (Å²) in [6.45, 7) is 4.11. The lowest BCUT2D eigenvalue weighted by Crippen LogP contribution is -2.32. The van der Waals surface area contributed by atoms with Crippen molar-refractivity contribution in [2.24, 2.45) is 0 Å². The van der Waals surface area contributed by atoms with Crippen LogP contribution in [0, 0.1) is 5.82 Å². The lowest BCUT2D eigenvalue weighted by Gasteiger charge is -2.12. The van der Waals surface area contributed by atoms with Crippen LogP contribution >= 0.6 is 15.9 Å². The van der Waals surface area contributed by atoms with Crippen molar-refractivity contribution in [3.8, 4) is 0 Å². The molecule has 0 saturated carbocycles. The molecular formula is C18H19BrFN3O2. The number of pyridine rings is 1. The second-order valence-electron chi connectivity index (χ2n) is 5.65. The van der Waals surface area contributed by atoms with Gasteiger partial charge < -0.3 is 10.6 Å². The summed E-state index contributed by atoms with van der Waals surface area (Å²) in [6, 6.07) is 8.36. The van der Waals surface area contributed by atoms with Crippen molar-refractivity contribution >= 4 is 27.7 Å². The monoisotopic (exact) mass is 407 g/mol. The molecule has 0 radical (unpaired) electrons. The van der Waals surface area contributed by atoms with E-state index in [0.717, 1.165) is 18.2 Å². The highest BCUT2D eigenvalue weighted by Crippen LogP contribution is 2.13. The minimum Gasteiger partial charge on any atom is -0.350 e. The zero-order chi connectivity index (χ0) is 18.4. The number of nitrogens with zero attached hydrogens (tertiary/aromatic N) is 1. The average molecular weight is 408 g/mol. The van der Waals surface area contributed by atoms with E-state index in [0.29, 0.717) is 10.2 Å². The number of benzene rings is 1. The molecule has 0 saturated heterocycles. The molecule has 2 aromatic rings. The third-order valence-electron chi connectivity index (χ3n) is 3.70. The van der Waals surface area contributed by atoms with E-state index in [4.69, 9.17) is 0 Å². The highest BCUT2D eigenvalue weighted by molar-refractivity contribution is 9.10. The van der Waals surface area contributed by atoms with Crippen molar-refractivity contribution in [1.29, 1.82) is 0 Å². The fraction of sp³-hybridized carbons (Fsp3) is 0.278. The molecule has 0 spiro atoms. The van der Waals surface area contributed by atoms with Gasteiger partial charge >= 0.3 is 0 Å². The van der Waals surface area contributed by atoms with Gasteiger partial charge in [-0.2, -0.15) is 0 Å². The molecule has 1 heterocycles. The summed E-state index contributed by atoms with van der Waals surface area (Å²) < 4.78 is 14.1. The molecule has 0 aliphatic heterocycles. The van der Waals surface area contributed by atoms with E-state index in [9.17, 15) is 14.0 Å². The molecular weight excluding hydrogens is 389 g/mol. The van der Waals surface area contributed by atoms with E-state index in [1.165, 1.54) is 6.07 Å². The van der Waals surface area contributed by atoms with Gasteiger partial charge in [-0.05, 0) is 53.0 Å². The minimum absolute atomic E-state index is 0.0870. The molecule has 0 aliphatic carbocycles. The lowest BCUT2D eigenvalue weighted by atomic mass is 10.1. The van der Waals surface area contributed by atoms with Gasteiger partial charge in [-0.3, -0.25) is 9.59 Å². The summed E-state index contributed by atoms with van der Waals surface area (Å²) in [6.07, 6.45) is 1.83. The number of amides is 2. The standard InChI is InChI=1S/C18H19BrFN3O2/c1-3-11(2)23-17(24)13-6-4-5-12(7-13)9-22-18(25)14-8-16(19)21-10-15(14)20/h4-8,10-11H,3,9H2,1-2H3,(H,22,25)(H,23,24)/t11-/m1/s1. The summed E-state index contributed by atoms with van der Waals surface area (Å²) in [5.74, 6) is -1.40. The molecule has 25 heavy (non-hydrogen) atoms. The van der Waals surface area contributed by atoms with Crippen LogP contribution in [0.2, 0.25) is 0 Å².